The van der Waals surface area contributed by atoms with Gasteiger partial charge in [0.1, 0.15) is 12.2 Å². The van der Waals surface area contributed by atoms with Crippen molar-refractivity contribution in [3.63, 3.8) is 0 Å². The summed E-state index contributed by atoms with van der Waals surface area (Å²) in [7, 11) is 1.32. The smallest absolute Gasteiger partial charge is 0.333 e. The number of ether oxygens (including phenoxy) is 3. The van der Waals surface area contributed by atoms with E-state index < -0.39 is 12.1 Å². The van der Waals surface area contributed by atoms with Crippen LogP contribution in [0.3, 0.4) is 0 Å². The normalized spacial score (nSPS) is 39.0. The van der Waals surface area contributed by atoms with Crippen LogP contribution < -0.4 is 0 Å². The van der Waals surface area contributed by atoms with Crippen LogP contribution in [0.2, 0.25) is 0 Å². The van der Waals surface area contributed by atoms with Gasteiger partial charge in [-0.15, -0.1) is 0 Å². The van der Waals surface area contributed by atoms with Gasteiger partial charge in [0.2, 0.25) is 0 Å². The first-order valence-corrected chi connectivity index (χ1v) is 7.07. The van der Waals surface area contributed by atoms with Gasteiger partial charge in [0.25, 0.3) is 0 Å². The molecule has 6 heteroatoms. The molecule has 1 aliphatic heterocycles. The highest BCUT2D eigenvalue weighted by molar-refractivity contribution is 5.87. The van der Waals surface area contributed by atoms with Gasteiger partial charge >= 0.3 is 17.9 Å². The van der Waals surface area contributed by atoms with E-state index in [9.17, 15) is 14.4 Å². The van der Waals surface area contributed by atoms with Gasteiger partial charge in [0.05, 0.1) is 13.0 Å². The second-order valence-corrected chi connectivity index (χ2v) is 6.09. The average Bonchev–Trinajstić information content (AvgIpc) is 3.02. The molecule has 3 fully saturated rings. The van der Waals surface area contributed by atoms with E-state index in [4.69, 9.17) is 14.2 Å². The maximum absolute atomic E-state index is 12.0. The van der Waals surface area contributed by atoms with E-state index in [1.807, 2.05) is 0 Å². The average molecular weight is 294 g/mol. The molecule has 0 aromatic heterocycles. The van der Waals surface area contributed by atoms with Crippen molar-refractivity contribution in [2.24, 2.45) is 23.7 Å². The van der Waals surface area contributed by atoms with Crippen LogP contribution in [0.1, 0.15) is 19.8 Å². The molecule has 3 aliphatic rings. The number of esters is 3. The molecule has 3 rings (SSSR count). The molecule has 6 unspecified atom stereocenters. The van der Waals surface area contributed by atoms with Crippen LogP contribution in [0.25, 0.3) is 0 Å². The fourth-order valence-corrected chi connectivity index (χ4v) is 4.07. The predicted octanol–water partition coefficient (Wildman–Crippen LogP) is 0.845. The highest BCUT2D eigenvalue weighted by Gasteiger charge is 2.68. The molecule has 0 N–H and O–H groups in total. The number of rotatable bonds is 4. The SMILES string of the molecule is C=C(C)C(=O)OC1C2CC3C1OC(=O)C3C2CC(=O)OC. The van der Waals surface area contributed by atoms with Crippen molar-refractivity contribution in [1.29, 1.82) is 0 Å². The Kier molecular flexibility index (Phi) is 3.26. The summed E-state index contributed by atoms with van der Waals surface area (Å²) in [5.41, 5.74) is 0.308. The third kappa shape index (κ3) is 2.04. The number of hydrogen-bond donors (Lipinski definition) is 0. The van der Waals surface area contributed by atoms with E-state index in [-0.39, 0.29) is 48.1 Å². The van der Waals surface area contributed by atoms with Crippen molar-refractivity contribution in [1.82, 2.24) is 0 Å². The molecule has 0 aromatic carbocycles. The molecule has 2 aliphatic carbocycles. The Bertz CT molecular complexity index is 524. The molecule has 0 radical (unpaired) electrons. The third-order valence-electron chi connectivity index (χ3n) is 4.93. The number of carbonyl (C=O) groups is 3. The lowest BCUT2D eigenvalue weighted by Gasteiger charge is -2.30. The third-order valence-corrected chi connectivity index (χ3v) is 4.93. The fraction of sp³-hybridized carbons (Fsp3) is 0.667. The summed E-state index contributed by atoms with van der Waals surface area (Å²) in [6, 6.07) is 0. The highest BCUT2D eigenvalue weighted by Crippen LogP contribution is 2.59. The Morgan fingerprint density at radius 3 is 2.71 bits per heavy atom. The Labute approximate surface area is 122 Å². The molecule has 6 atom stereocenters. The Morgan fingerprint density at radius 1 is 1.38 bits per heavy atom. The second kappa shape index (κ2) is 4.86. The van der Waals surface area contributed by atoms with Crippen molar-refractivity contribution in [2.75, 3.05) is 7.11 Å². The van der Waals surface area contributed by atoms with Crippen LogP contribution in [0, 0.1) is 23.7 Å². The van der Waals surface area contributed by atoms with Crippen LogP contribution in [-0.2, 0) is 28.6 Å². The Balaban J connectivity index is 1.82. The minimum Gasteiger partial charge on any atom is -0.469 e. The summed E-state index contributed by atoms with van der Waals surface area (Å²) in [6.45, 7) is 5.13. The maximum atomic E-state index is 12.0. The minimum absolute atomic E-state index is 0.0288. The molecule has 2 saturated carbocycles. The van der Waals surface area contributed by atoms with E-state index in [1.54, 1.807) is 6.92 Å². The van der Waals surface area contributed by atoms with E-state index >= 15 is 0 Å². The lowest BCUT2D eigenvalue weighted by atomic mass is 9.77. The summed E-state index contributed by atoms with van der Waals surface area (Å²) < 4.78 is 15.5. The number of fused-ring (bicyclic) bond motifs is 1. The minimum atomic E-state index is -0.483. The second-order valence-electron chi connectivity index (χ2n) is 6.09. The number of carbonyl (C=O) groups excluding carboxylic acids is 3. The first-order chi connectivity index (χ1) is 9.93. The number of hydrogen-bond acceptors (Lipinski definition) is 6. The fourth-order valence-electron chi connectivity index (χ4n) is 4.07. The topological polar surface area (TPSA) is 78.9 Å². The molecule has 0 amide bonds. The predicted molar refractivity (Wildman–Crippen MR) is 69.8 cm³/mol. The Morgan fingerprint density at radius 2 is 2.10 bits per heavy atom. The standard InChI is InChI=1S/C15H18O6/c1-6(2)14(17)20-12-8-4-9-11(15(18)21-13(9)12)7(8)5-10(16)19-3/h7-9,11-13H,1,4-5H2,2-3H3. The van der Waals surface area contributed by atoms with Crippen LogP contribution in [0.4, 0.5) is 0 Å². The van der Waals surface area contributed by atoms with Crippen molar-refractivity contribution in [3.8, 4) is 0 Å². The summed E-state index contributed by atoms with van der Waals surface area (Å²) in [6.07, 6.45) is 0.0588. The molecule has 21 heavy (non-hydrogen) atoms. The van der Waals surface area contributed by atoms with Crippen molar-refractivity contribution in [2.45, 2.75) is 32.0 Å². The van der Waals surface area contributed by atoms with Gasteiger partial charge in [-0.1, -0.05) is 6.58 Å². The molecule has 0 aromatic rings. The summed E-state index contributed by atoms with van der Waals surface area (Å²) in [5.74, 6) is -1.54. The van der Waals surface area contributed by atoms with Gasteiger partial charge in [-0.3, -0.25) is 9.59 Å². The van der Waals surface area contributed by atoms with E-state index in [2.05, 4.69) is 6.58 Å². The first kappa shape index (κ1) is 14.1. The van der Waals surface area contributed by atoms with Crippen molar-refractivity contribution >= 4 is 17.9 Å². The van der Waals surface area contributed by atoms with Crippen LogP contribution >= 0.6 is 0 Å². The molecule has 1 saturated heterocycles. The van der Waals surface area contributed by atoms with Gasteiger partial charge in [0.15, 0.2) is 0 Å². The maximum Gasteiger partial charge on any atom is 0.333 e. The van der Waals surface area contributed by atoms with Crippen molar-refractivity contribution in [3.05, 3.63) is 12.2 Å². The highest BCUT2D eigenvalue weighted by atomic mass is 16.6. The van der Waals surface area contributed by atoms with Gasteiger partial charge in [-0.05, 0) is 19.3 Å². The van der Waals surface area contributed by atoms with E-state index in [1.165, 1.54) is 7.11 Å². The zero-order chi connectivity index (χ0) is 15.3. The van der Waals surface area contributed by atoms with Gasteiger partial charge < -0.3 is 14.2 Å². The lowest BCUT2D eigenvalue weighted by molar-refractivity contribution is -0.158. The summed E-state index contributed by atoms with van der Waals surface area (Å²) >= 11 is 0. The largest absolute Gasteiger partial charge is 0.469 e. The molecular weight excluding hydrogens is 276 g/mol. The quantitative estimate of drug-likeness (QED) is 0.434. The van der Waals surface area contributed by atoms with E-state index in [0.29, 0.717) is 5.57 Å². The van der Waals surface area contributed by atoms with Gasteiger partial charge in [-0.25, -0.2) is 4.79 Å². The molecule has 0 spiro atoms. The molecule has 114 valence electrons. The molecule has 1 heterocycles. The molecular formula is C15H18O6. The monoisotopic (exact) mass is 294 g/mol. The van der Waals surface area contributed by atoms with Crippen molar-refractivity contribution < 1.29 is 28.6 Å². The van der Waals surface area contributed by atoms with Gasteiger partial charge in [0, 0.05) is 23.8 Å². The van der Waals surface area contributed by atoms with E-state index in [0.717, 1.165) is 6.42 Å². The zero-order valence-corrected chi connectivity index (χ0v) is 12.0. The first-order valence-electron chi connectivity index (χ1n) is 7.07. The molecule has 2 bridgehead atoms. The lowest BCUT2D eigenvalue weighted by Crippen LogP contribution is -2.41. The summed E-state index contributed by atoms with van der Waals surface area (Å²) in [4.78, 5) is 35.3. The molecule has 6 nitrogen and oxygen atoms in total. The zero-order valence-electron chi connectivity index (χ0n) is 12.0. The van der Waals surface area contributed by atoms with Gasteiger partial charge in [-0.2, -0.15) is 0 Å². The Hall–Kier alpha value is -1.85. The van der Waals surface area contributed by atoms with Crippen LogP contribution in [-0.4, -0.2) is 37.2 Å². The summed E-state index contributed by atoms with van der Waals surface area (Å²) in [5, 5.41) is 0. The number of methoxy groups -OCH3 is 1. The van der Waals surface area contributed by atoms with Crippen LogP contribution in [0.15, 0.2) is 12.2 Å². The van der Waals surface area contributed by atoms with Crippen LogP contribution in [0.5, 0.6) is 0 Å².